The van der Waals surface area contributed by atoms with Gasteiger partial charge in [-0.25, -0.2) is 0 Å². The topological polar surface area (TPSA) is 84.9 Å². The lowest BCUT2D eigenvalue weighted by molar-refractivity contribution is -0.117. The van der Waals surface area contributed by atoms with Gasteiger partial charge in [-0.15, -0.1) is 0 Å². The van der Waals surface area contributed by atoms with Crippen molar-refractivity contribution in [3.8, 4) is 5.75 Å². The SMILES string of the molecule is COc1ccc(N2C(=O)C(O)=C(C(=O)c3ccco3)C2c2cn(C)c3ccccc23)cc1. The van der Waals surface area contributed by atoms with E-state index in [-0.39, 0.29) is 11.3 Å². The van der Waals surface area contributed by atoms with Gasteiger partial charge in [0, 0.05) is 35.4 Å². The first kappa shape index (κ1) is 19.7. The second kappa shape index (κ2) is 7.46. The molecule has 1 aliphatic heterocycles. The predicted molar refractivity (Wildman–Crippen MR) is 119 cm³/mol. The number of Topliss-reactive ketones (excluding diaryl/α,β-unsaturated/α-hetero) is 1. The van der Waals surface area contributed by atoms with Crippen molar-refractivity contribution in [1.82, 2.24) is 4.57 Å². The van der Waals surface area contributed by atoms with Crippen LogP contribution in [0.2, 0.25) is 0 Å². The minimum atomic E-state index is -0.834. The van der Waals surface area contributed by atoms with Gasteiger partial charge in [-0.3, -0.25) is 14.5 Å². The lowest BCUT2D eigenvalue weighted by atomic mass is 9.94. The van der Waals surface area contributed by atoms with Crippen LogP contribution in [0.3, 0.4) is 0 Å². The molecule has 0 radical (unpaired) electrons. The second-order valence-electron chi connectivity index (χ2n) is 7.56. The van der Waals surface area contributed by atoms with Gasteiger partial charge in [0.15, 0.2) is 11.5 Å². The highest BCUT2D eigenvalue weighted by atomic mass is 16.5. The summed E-state index contributed by atoms with van der Waals surface area (Å²) in [6.07, 6.45) is 3.27. The van der Waals surface area contributed by atoms with Crippen LogP contribution in [0.25, 0.3) is 10.9 Å². The molecule has 1 N–H and O–H groups in total. The van der Waals surface area contributed by atoms with Gasteiger partial charge in [0.1, 0.15) is 5.75 Å². The molecule has 7 nitrogen and oxygen atoms in total. The highest BCUT2D eigenvalue weighted by Crippen LogP contribution is 2.44. The van der Waals surface area contributed by atoms with Crippen LogP contribution in [0, 0.1) is 0 Å². The van der Waals surface area contributed by atoms with E-state index in [0.29, 0.717) is 11.4 Å². The van der Waals surface area contributed by atoms with Gasteiger partial charge in [-0.05, 0) is 42.5 Å². The molecule has 0 spiro atoms. The Morgan fingerprint density at radius 1 is 1.06 bits per heavy atom. The maximum Gasteiger partial charge on any atom is 0.294 e. The van der Waals surface area contributed by atoms with E-state index in [1.54, 1.807) is 37.4 Å². The number of hydrogen-bond acceptors (Lipinski definition) is 5. The first-order valence-corrected chi connectivity index (χ1v) is 10.0. The van der Waals surface area contributed by atoms with Gasteiger partial charge in [-0.1, -0.05) is 18.2 Å². The van der Waals surface area contributed by atoms with Crippen LogP contribution in [-0.2, 0) is 11.8 Å². The highest BCUT2D eigenvalue weighted by Gasteiger charge is 2.46. The maximum atomic E-state index is 13.4. The zero-order valence-electron chi connectivity index (χ0n) is 17.5. The number of aliphatic hydroxyl groups is 1. The molecule has 2 aromatic heterocycles. The average molecular weight is 428 g/mol. The standard InChI is InChI=1S/C25H20N2O5/c1-26-14-18(17-6-3-4-7-19(17)26)22-21(23(28)20-8-5-13-32-20)24(29)25(30)27(22)15-9-11-16(31-2)12-10-15/h3-14,22,29H,1-2H3. The molecule has 160 valence electrons. The maximum absolute atomic E-state index is 13.4. The van der Waals surface area contributed by atoms with Crippen LogP contribution < -0.4 is 9.64 Å². The van der Waals surface area contributed by atoms with Crippen LogP contribution in [0.4, 0.5) is 5.69 Å². The summed E-state index contributed by atoms with van der Waals surface area (Å²) in [5.74, 6) is -1.08. The van der Waals surface area contributed by atoms with E-state index in [1.807, 2.05) is 42.1 Å². The van der Waals surface area contributed by atoms with Gasteiger partial charge in [0.2, 0.25) is 5.78 Å². The van der Waals surface area contributed by atoms with E-state index in [0.717, 1.165) is 16.5 Å². The number of fused-ring (bicyclic) bond motifs is 1. The third kappa shape index (κ3) is 2.90. The number of rotatable bonds is 5. The minimum Gasteiger partial charge on any atom is -0.503 e. The number of aryl methyl sites for hydroxylation is 1. The predicted octanol–water partition coefficient (Wildman–Crippen LogP) is 4.56. The molecule has 0 aliphatic carbocycles. The quantitative estimate of drug-likeness (QED) is 0.471. The lowest BCUT2D eigenvalue weighted by Gasteiger charge is -2.26. The van der Waals surface area contributed by atoms with Gasteiger partial charge >= 0.3 is 0 Å². The van der Waals surface area contributed by atoms with Crippen molar-refractivity contribution < 1.29 is 23.8 Å². The largest absolute Gasteiger partial charge is 0.503 e. The van der Waals surface area contributed by atoms with Gasteiger partial charge in [0.25, 0.3) is 5.91 Å². The monoisotopic (exact) mass is 428 g/mol. The summed E-state index contributed by atoms with van der Waals surface area (Å²) in [6.45, 7) is 0. The van der Waals surface area contributed by atoms with Crippen LogP contribution in [0.15, 0.2) is 88.9 Å². The fourth-order valence-corrected chi connectivity index (χ4v) is 4.27. The van der Waals surface area contributed by atoms with E-state index >= 15 is 0 Å². The number of methoxy groups -OCH3 is 1. The van der Waals surface area contributed by atoms with Crippen molar-refractivity contribution in [3.05, 3.63) is 95.8 Å². The van der Waals surface area contributed by atoms with E-state index in [2.05, 4.69) is 0 Å². The summed E-state index contributed by atoms with van der Waals surface area (Å²) < 4.78 is 12.5. The number of ketones is 1. The van der Waals surface area contributed by atoms with Crippen molar-refractivity contribution in [2.45, 2.75) is 6.04 Å². The molecule has 0 saturated carbocycles. The summed E-state index contributed by atoms with van der Waals surface area (Å²) >= 11 is 0. The van der Waals surface area contributed by atoms with Crippen LogP contribution in [0.5, 0.6) is 5.75 Å². The number of para-hydroxylation sites is 1. The highest BCUT2D eigenvalue weighted by molar-refractivity contribution is 6.20. The normalized spacial score (nSPS) is 16.2. The lowest BCUT2D eigenvalue weighted by Crippen LogP contribution is -2.31. The summed E-state index contributed by atoms with van der Waals surface area (Å²) in [7, 11) is 3.46. The van der Waals surface area contributed by atoms with Gasteiger partial charge in [0.05, 0.1) is 25.0 Å². The number of ether oxygens (including phenoxy) is 1. The van der Waals surface area contributed by atoms with Crippen molar-refractivity contribution in [1.29, 1.82) is 0 Å². The molecule has 0 fully saturated rings. The third-order valence-corrected chi connectivity index (χ3v) is 5.77. The number of carbonyl (C=O) groups is 2. The Bertz CT molecular complexity index is 1360. The summed E-state index contributed by atoms with van der Waals surface area (Å²) in [5, 5.41) is 11.7. The average Bonchev–Trinajstić information content (AvgIpc) is 3.52. The van der Waals surface area contributed by atoms with E-state index < -0.39 is 23.5 Å². The molecule has 0 saturated heterocycles. The van der Waals surface area contributed by atoms with Crippen molar-refractivity contribution in [2.75, 3.05) is 12.0 Å². The third-order valence-electron chi connectivity index (χ3n) is 5.77. The Morgan fingerprint density at radius 3 is 2.50 bits per heavy atom. The molecule has 1 atom stereocenters. The molecule has 1 amide bonds. The number of aliphatic hydroxyl groups excluding tert-OH is 1. The zero-order chi connectivity index (χ0) is 22.4. The Hall–Kier alpha value is -4.26. The first-order chi connectivity index (χ1) is 15.5. The Kier molecular flexibility index (Phi) is 4.59. The molecule has 1 unspecified atom stereocenters. The molecule has 3 heterocycles. The van der Waals surface area contributed by atoms with Crippen LogP contribution in [0.1, 0.15) is 22.2 Å². The number of aromatic nitrogens is 1. The van der Waals surface area contributed by atoms with Gasteiger partial charge < -0.3 is 18.8 Å². The fraction of sp³-hybridized carbons (Fsp3) is 0.120. The van der Waals surface area contributed by atoms with Crippen molar-refractivity contribution in [3.63, 3.8) is 0 Å². The summed E-state index contributed by atoms with van der Waals surface area (Å²) in [5.41, 5.74) is 2.19. The number of furan rings is 1. The summed E-state index contributed by atoms with van der Waals surface area (Å²) in [6, 6.07) is 16.9. The fourth-order valence-electron chi connectivity index (χ4n) is 4.27. The van der Waals surface area contributed by atoms with Crippen LogP contribution >= 0.6 is 0 Å². The molecule has 5 rings (SSSR count). The first-order valence-electron chi connectivity index (χ1n) is 10.0. The molecule has 1 aliphatic rings. The number of carbonyl (C=O) groups excluding carboxylic acids is 2. The molecule has 4 aromatic rings. The zero-order valence-corrected chi connectivity index (χ0v) is 17.5. The number of anilines is 1. The number of amides is 1. The Labute approximate surface area is 183 Å². The van der Waals surface area contributed by atoms with Crippen LogP contribution in [-0.4, -0.2) is 28.5 Å². The molecule has 7 heteroatoms. The Balaban J connectivity index is 1.73. The second-order valence-corrected chi connectivity index (χ2v) is 7.56. The van der Waals surface area contributed by atoms with E-state index in [1.165, 1.54) is 17.2 Å². The Morgan fingerprint density at radius 2 is 1.81 bits per heavy atom. The number of nitrogens with zero attached hydrogens (tertiary/aromatic N) is 2. The number of hydrogen-bond donors (Lipinski definition) is 1. The van der Waals surface area contributed by atoms with E-state index in [4.69, 9.17) is 9.15 Å². The van der Waals surface area contributed by atoms with Gasteiger partial charge in [-0.2, -0.15) is 0 Å². The minimum absolute atomic E-state index is 0.0166. The molecule has 2 aromatic carbocycles. The number of benzene rings is 2. The summed E-state index contributed by atoms with van der Waals surface area (Å²) in [4.78, 5) is 28.1. The molecule has 32 heavy (non-hydrogen) atoms. The van der Waals surface area contributed by atoms with Crippen molar-refractivity contribution >= 4 is 28.3 Å². The molecule has 0 bridgehead atoms. The van der Waals surface area contributed by atoms with Crippen molar-refractivity contribution in [2.24, 2.45) is 7.05 Å². The molecular weight excluding hydrogens is 408 g/mol. The smallest absolute Gasteiger partial charge is 0.294 e. The van der Waals surface area contributed by atoms with E-state index in [9.17, 15) is 14.7 Å². The molecular formula is C25H20N2O5.